The molecule has 0 bridgehead atoms. The van der Waals surface area contributed by atoms with Crippen LogP contribution in [-0.4, -0.2) is 30.0 Å². The van der Waals surface area contributed by atoms with Gasteiger partial charge in [0, 0.05) is 24.9 Å². The van der Waals surface area contributed by atoms with Crippen LogP contribution in [0.4, 0.5) is 0 Å². The van der Waals surface area contributed by atoms with Gasteiger partial charge in [-0.05, 0) is 30.2 Å². The molecule has 0 aliphatic carbocycles. The number of hydrogen-bond donors (Lipinski definition) is 1. The summed E-state index contributed by atoms with van der Waals surface area (Å²) < 4.78 is 7.22. The summed E-state index contributed by atoms with van der Waals surface area (Å²) in [6.45, 7) is 4.33. The van der Waals surface area contributed by atoms with Crippen molar-refractivity contribution >= 4 is 11.6 Å². The molecule has 1 heterocycles. The van der Waals surface area contributed by atoms with Crippen LogP contribution in [0, 0.1) is 6.92 Å². The van der Waals surface area contributed by atoms with Crippen LogP contribution >= 0.6 is 11.6 Å². The molecule has 4 nitrogen and oxygen atoms in total. The third-order valence-electron chi connectivity index (χ3n) is 3.10. The fourth-order valence-corrected chi connectivity index (χ4v) is 2.20. The molecule has 0 spiro atoms. The van der Waals surface area contributed by atoms with Crippen molar-refractivity contribution in [3.8, 4) is 0 Å². The minimum Gasteiger partial charge on any atom is -0.383 e. The third-order valence-corrected chi connectivity index (χ3v) is 3.35. The third kappa shape index (κ3) is 4.34. The minimum atomic E-state index is 0.161. The molecule has 0 fully saturated rings. The molecule has 1 aromatic heterocycles. The molecule has 1 aromatic carbocycles. The van der Waals surface area contributed by atoms with Crippen molar-refractivity contribution in [2.24, 2.45) is 0 Å². The van der Waals surface area contributed by atoms with E-state index in [4.69, 9.17) is 16.3 Å². The van der Waals surface area contributed by atoms with Crippen LogP contribution < -0.4 is 5.32 Å². The fraction of sp³-hybridized carbons (Fsp3) is 0.400. The molecule has 1 atom stereocenters. The first kappa shape index (κ1) is 15.0. The molecule has 0 amide bonds. The highest BCUT2D eigenvalue weighted by atomic mass is 35.5. The lowest BCUT2D eigenvalue weighted by Crippen LogP contribution is -2.28. The Kier molecular flexibility index (Phi) is 5.59. The normalized spacial score (nSPS) is 12.6. The van der Waals surface area contributed by atoms with E-state index in [1.165, 1.54) is 11.1 Å². The van der Waals surface area contributed by atoms with Crippen LogP contribution in [0.3, 0.4) is 0 Å². The molecule has 108 valence electrons. The zero-order valence-electron chi connectivity index (χ0n) is 11.8. The van der Waals surface area contributed by atoms with E-state index in [-0.39, 0.29) is 6.04 Å². The Balaban J connectivity index is 1.90. The molecule has 20 heavy (non-hydrogen) atoms. The SMILES string of the molecule is COC[C@@H](NCCn1cc(C)cn1)c1ccc(Cl)cc1. The van der Waals surface area contributed by atoms with Crippen LogP contribution in [-0.2, 0) is 11.3 Å². The van der Waals surface area contributed by atoms with Crippen LogP contribution in [0.1, 0.15) is 17.2 Å². The molecule has 2 aromatic rings. The summed E-state index contributed by atoms with van der Waals surface area (Å²) in [6, 6.07) is 8.01. The number of hydrogen-bond acceptors (Lipinski definition) is 3. The van der Waals surface area contributed by atoms with Crippen LogP contribution in [0.25, 0.3) is 0 Å². The molecule has 1 N–H and O–H groups in total. The number of aromatic nitrogens is 2. The lowest BCUT2D eigenvalue weighted by Gasteiger charge is -2.18. The maximum absolute atomic E-state index is 5.92. The van der Waals surface area contributed by atoms with Crippen LogP contribution in [0.5, 0.6) is 0 Å². The molecular weight excluding hydrogens is 274 g/mol. The summed E-state index contributed by atoms with van der Waals surface area (Å²) in [5.74, 6) is 0. The largest absolute Gasteiger partial charge is 0.383 e. The van der Waals surface area contributed by atoms with Gasteiger partial charge >= 0.3 is 0 Å². The Morgan fingerprint density at radius 3 is 2.70 bits per heavy atom. The van der Waals surface area contributed by atoms with Gasteiger partial charge in [-0.2, -0.15) is 5.10 Å². The van der Waals surface area contributed by atoms with Crippen LogP contribution in [0.15, 0.2) is 36.7 Å². The van der Waals surface area contributed by atoms with Crippen molar-refractivity contribution in [3.05, 3.63) is 52.8 Å². The van der Waals surface area contributed by atoms with E-state index >= 15 is 0 Å². The first-order chi connectivity index (χ1) is 9.69. The molecule has 0 aliphatic rings. The van der Waals surface area contributed by atoms with E-state index in [2.05, 4.69) is 10.4 Å². The quantitative estimate of drug-likeness (QED) is 0.853. The van der Waals surface area contributed by atoms with E-state index in [1.807, 2.05) is 48.3 Å². The molecule has 0 radical (unpaired) electrons. The van der Waals surface area contributed by atoms with E-state index in [1.54, 1.807) is 7.11 Å². The molecule has 5 heteroatoms. The summed E-state index contributed by atoms with van der Waals surface area (Å²) in [4.78, 5) is 0. The van der Waals surface area contributed by atoms with Crippen molar-refractivity contribution in [1.82, 2.24) is 15.1 Å². The highest BCUT2D eigenvalue weighted by molar-refractivity contribution is 6.30. The van der Waals surface area contributed by atoms with Crippen molar-refractivity contribution in [1.29, 1.82) is 0 Å². The molecule has 0 aliphatic heterocycles. The Bertz CT molecular complexity index is 524. The Labute approximate surface area is 124 Å². The van der Waals surface area contributed by atoms with Crippen LogP contribution in [0.2, 0.25) is 5.02 Å². The maximum Gasteiger partial charge on any atom is 0.0657 e. The monoisotopic (exact) mass is 293 g/mol. The van der Waals surface area contributed by atoms with Gasteiger partial charge < -0.3 is 10.1 Å². The Morgan fingerprint density at radius 1 is 1.35 bits per heavy atom. The van der Waals surface area contributed by atoms with Gasteiger partial charge in [0.2, 0.25) is 0 Å². The first-order valence-electron chi connectivity index (χ1n) is 6.66. The lowest BCUT2D eigenvalue weighted by molar-refractivity contribution is 0.166. The smallest absolute Gasteiger partial charge is 0.0657 e. The number of aryl methyl sites for hydroxylation is 1. The highest BCUT2D eigenvalue weighted by Gasteiger charge is 2.10. The topological polar surface area (TPSA) is 39.1 Å². The first-order valence-corrected chi connectivity index (χ1v) is 7.03. The highest BCUT2D eigenvalue weighted by Crippen LogP contribution is 2.16. The van der Waals surface area contributed by atoms with Crippen molar-refractivity contribution in [2.45, 2.75) is 19.5 Å². The van der Waals surface area contributed by atoms with Gasteiger partial charge in [-0.15, -0.1) is 0 Å². The zero-order valence-corrected chi connectivity index (χ0v) is 12.6. The Hall–Kier alpha value is -1.36. The average Bonchev–Trinajstić information content (AvgIpc) is 2.84. The molecule has 2 rings (SSSR count). The second-order valence-corrected chi connectivity index (χ2v) is 5.23. The Morgan fingerprint density at radius 2 is 2.10 bits per heavy atom. The van der Waals surface area contributed by atoms with E-state index in [0.29, 0.717) is 6.61 Å². The second-order valence-electron chi connectivity index (χ2n) is 4.79. The molecule has 0 unspecified atom stereocenters. The average molecular weight is 294 g/mol. The number of halogens is 1. The summed E-state index contributed by atoms with van der Waals surface area (Å²) >= 11 is 5.92. The summed E-state index contributed by atoms with van der Waals surface area (Å²) in [5.41, 5.74) is 2.35. The minimum absolute atomic E-state index is 0.161. The van der Waals surface area contributed by atoms with Gasteiger partial charge in [-0.25, -0.2) is 0 Å². The number of methoxy groups -OCH3 is 1. The number of benzene rings is 1. The van der Waals surface area contributed by atoms with Crippen molar-refractivity contribution in [2.75, 3.05) is 20.3 Å². The number of nitrogens with zero attached hydrogens (tertiary/aromatic N) is 2. The summed E-state index contributed by atoms with van der Waals surface area (Å²) in [7, 11) is 1.71. The van der Waals surface area contributed by atoms with Gasteiger partial charge in [-0.3, -0.25) is 4.68 Å². The number of ether oxygens (including phenoxy) is 1. The molecule has 0 saturated carbocycles. The van der Waals surface area contributed by atoms with Gasteiger partial charge in [0.15, 0.2) is 0 Å². The van der Waals surface area contributed by atoms with E-state index in [0.717, 1.165) is 18.1 Å². The second kappa shape index (κ2) is 7.43. The summed E-state index contributed by atoms with van der Waals surface area (Å²) in [5, 5.41) is 8.50. The van der Waals surface area contributed by atoms with Gasteiger partial charge in [-0.1, -0.05) is 23.7 Å². The standard InChI is InChI=1S/C15H20ClN3O/c1-12-9-18-19(10-12)8-7-17-15(11-20-2)13-3-5-14(16)6-4-13/h3-6,9-10,15,17H,7-8,11H2,1-2H3/t15-/m1/s1. The predicted molar refractivity (Wildman–Crippen MR) is 81.0 cm³/mol. The number of nitrogens with one attached hydrogen (secondary N) is 1. The van der Waals surface area contributed by atoms with Crippen molar-refractivity contribution < 1.29 is 4.74 Å². The van der Waals surface area contributed by atoms with Gasteiger partial charge in [0.1, 0.15) is 0 Å². The fourth-order valence-electron chi connectivity index (χ4n) is 2.08. The molecule has 0 saturated heterocycles. The summed E-state index contributed by atoms with van der Waals surface area (Å²) in [6.07, 6.45) is 3.90. The van der Waals surface area contributed by atoms with Gasteiger partial charge in [0.25, 0.3) is 0 Å². The zero-order chi connectivity index (χ0) is 14.4. The van der Waals surface area contributed by atoms with E-state index in [9.17, 15) is 0 Å². The van der Waals surface area contributed by atoms with E-state index < -0.39 is 0 Å². The number of rotatable bonds is 7. The molecular formula is C15H20ClN3O. The van der Waals surface area contributed by atoms with Crippen molar-refractivity contribution in [3.63, 3.8) is 0 Å². The predicted octanol–water partition coefficient (Wildman–Crippen LogP) is 2.82. The lowest BCUT2D eigenvalue weighted by atomic mass is 10.1. The maximum atomic E-state index is 5.92. The van der Waals surface area contributed by atoms with Gasteiger partial charge in [0.05, 0.1) is 25.4 Å².